The van der Waals surface area contributed by atoms with Crippen LogP contribution in [0.15, 0.2) is 0 Å². The van der Waals surface area contributed by atoms with Crippen LogP contribution in [0.1, 0.15) is 0 Å². The van der Waals surface area contributed by atoms with Gasteiger partial charge < -0.3 is 0 Å². The molecule has 0 spiro atoms. The molecule has 2 radical (unpaired) electrons. The standard InChI is InChI=1S/2Co.Li.Mn.2Ni.O.H. The van der Waals surface area contributed by atoms with E-state index in [1.165, 1.54) is 0 Å². The van der Waals surface area contributed by atoms with Gasteiger partial charge >= 0.3 is 38.6 Å². The molecule has 0 fully saturated rings. The maximum absolute atomic E-state index is 8.06. The molecule has 0 saturated heterocycles. The third kappa shape index (κ3) is 50.1. The summed E-state index contributed by atoms with van der Waals surface area (Å²) in [5.41, 5.74) is 0. The Morgan fingerprint density at radius 1 is 0.857 bits per heavy atom. The molecule has 0 aromatic rings. The van der Waals surface area contributed by atoms with Crippen LogP contribution in [0.2, 0.25) is 0 Å². The molecule has 0 bridgehead atoms. The first-order valence-corrected chi connectivity index (χ1v) is 0.636. The number of rotatable bonds is 0. The van der Waals surface area contributed by atoms with Crippen LogP contribution in [0.5, 0.6) is 0 Å². The molecule has 0 aliphatic rings. The molecule has 0 saturated carbocycles. The van der Waals surface area contributed by atoms with E-state index in [4.69, 9.17) is 3.83 Å². The van der Waals surface area contributed by atoms with Gasteiger partial charge in [-0.2, -0.15) is 0 Å². The van der Waals surface area contributed by atoms with E-state index in [9.17, 15) is 0 Å². The van der Waals surface area contributed by atoms with Crippen LogP contribution in [0.25, 0.3) is 0 Å². The summed E-state index contributed by atoms with van der Waals surface area (Å²) in [5.74, 6) is 0. The summed E-state index contributed by atoms with van der Waals surface area (Å²) < 4.78 is 8.06. The molecule has 0 unspecified atom stereocenters. The summed E-state index contributed by atoms with van der Waals surface area (Å²) in [6.45, 7) is 0. The Morgan fingerprint density at radius 2 is 0.857 bits per heavy atom. The van der Waals surface area contributed by atoms with Crippen LogP contribution >= 0.6 is 0 Å². The van der Waals surface area contributed by atoms with E-state index in [0.29, 0.717) is 0 Å². The monoisotopic (exact) mass is 313 g/mol. The fraction of sp³-hybridized carbons (Fsp3) is 0. The summed E-state index contributed by atoms with van der Waals surface area (Å²) in [7, 11) is 0. The van der Waals surface area contributed by atoms with Gasteiger partial charge in [-0.1, -0.05) is 0 Å². The normalized spacial score (nSPS) is 0.571. The van der Waals surface area contributed by atoms with E-state index in [0.717, 1.165) is 0 Å². The zero-order chi connectivity index (χ0) is 2.00. The van der Waals surface area contributed by atoms with Gasteiger partial charge in [0.25, 0.3) is 0 Å². The summed E-state index contributed by atoms with van der Waals surface area (Å²) in [6, 6.07) is 0. The first-order valence-electron chi connectivity index (χ1n) is 0.154. The number of hydrogen-bond donors (Lipinski definition) is 0. The zero-order valence-electron chi connectivity index (χ0n) is 2.09. The Hall–Kier alpha value is 2.92. The second-order valence-corrected chi connectivity index (χ2v) is 0. The van der Waals surface area contributed by atoms with E-state index in [-0.39, 0.29) is 85.4 Å². The molecule has 0 amide bonds. The zero-order valence-corrected chi connectivity index (χ0v) is 7.32. The molecule has 0 aliphatic heterocycles. The van der Waals surface area contributed by atoms with Crippen LogP contribution in [-0.2, 0) is 86.3 Å². The molecule has 0 N–H and O–H groups in total. The van der Waals surface area contributed by atoms with Crippen molar-refractivity contribution in [3.8, 4) is 0 Å². The van der Waals surface area contributed by atoms with Crippen LogP contribution < -0.4 is 0 Å². The average molecular weight is 314 g/mol. The molecule has 0 atom stereocenters. The molecule has 0 aromatic carbocycles. The Kier molecular flexibility index (Phi) is 482. The van der Waals surface area contributed by atoms with E-state index in [1.54, 1.807) is 15.9 Å². The van der Waals surface area contributed by atoms with Crippen molar-refractivity contribution in [3.63, 3.8) is 0 Å². The molecular weight excluding hydrogens is 313 g/mol. The van der Waals surface area contributed by atoms with E-state index in [1.807, 2.05) is 0 Å². The van der Waals surface area contributed by atoms with Crippen molar-refractivity contribution in [3.05, 3.63) is 0 Å². The predicted molar refractivity (Wildman–Crippen MR) is 7.84 cm³/mol. The van der Waals surface area contributed by atoms with Gasteiger partial charge in [0.05, 0.1) is 0 Å². The van der Waals surface area contributed by atoms with Crippen molar-refractivity contribution in [2.45, 2.75) is 0 Å². The summed E-state index contributed by atoms with van der Waals surface area (Å²) >= 11 is 1.69. The minimum atomic E-state index is 0. The quantitative estimate of drug-likeness (QED) is 0.536. The topological polar surface area (TPSA) is 17.1 Å². The van der Waals surface area contributed by atoms with Gasteiger partial charge in [0.1, 0.15) is 0 Å². The Bertz CT molecular complexity index is 15.7. The first-order chi connectivity index (χ1) is 1.00. The third-order valence-electron chi connectivity index (χ3n) is 0. The summed E-state index contributed by atoms with van der Waals surface area (Å²) in [4.78, 5) is 0. The second-order valence-electron chi connectivity index (χ2n) is 0. The molecule has 53 valence electrons. The van der Waals surface area contributed by atoms with Crippen molar-refractivity contribution in [2.24, 2.45) is 0 Å². The van der Waals surface area contributed by atoms with Crippen molar-refractivity contribution in [2.75, 3.05) is 0 Å². The van der Waals surface area contributed by atoms with Crippen LogP contribution in [0.4, 0.5) is 0 Å². The molecule has 1 nitrogen and oxygen atoms in total. The van der Waals surface area contributed by atoms with Crippen LogP contribution in [-0.4, -0.2) is 18.9 Å². The summed E-state index contributed by atoms with van der Waals surface area (Å²) in [6.07, 6.45) is 0. The van der Waals surface area contributed by atoms with Crippen molar-refractivity contribution < 1.29 is 86.3 Å². The predicted octanol–water partition coefficient (Wildman–Crippen LogP) is -0.780. The van der Waals surface area contributed by atoms with Gasteiger partial charge in [-0.15, -0.1) is 0 Å². The van der Waals surface area contributed by atoms with Gasteiger partial charge in [-0.25, -0.2) is 0 Å². The molecule has 0 rings (SSSR count). The Morgan fingerprint density at radius 3 is 0.857 bits per heavy atom. The third-order valence-corrected chi connectivity index (χ3v) is 0. The van der Waals surface area contributed by atoms with Gasteiger partial charge in [-0.3, -0.25) is 0 Å². The average Bonchev–Trinajstić information content (AvgIpc) is 1.00. The number of hydrogen-bond acceptors (Lipinski definition) is 1. The molecule has 0 aromatic heterocycles. The Labute approximate surface area is 104 Å². The van der Waals surface area contributed by atoms with Gasteiger partial charge in [0.15, 0.2) is 0 Å². The van der Waals surface area contributed by atoms with E-state index in [2.05, 4.69) is 0 Å². The molecule has 7 heteroatoms. The van der Waals surface area contributed by atoms with Crippen LogP contribution in [0, 0.1) is 0 Å². The molecular formula is HCo2LiMnNi2O. The first kappa shape index (κ1) is 51.4. The second kappa shape index (κ2) is 65.7. The Balaban J connectivity index is -0.000000000500. The van der Waals surface area contributed by atoms with Crippen molar-refractivity contribution >= 4 is 18.9 Å². The maximum atomic E-state index is 8.06. The summed E-state index contributed by atoms with van der Waals surface area (Å²) in [5, 5.41) is 0. The fourth-order valence-electron chi connectivity index (χ4n) is 0. The molecule has 0 aliphatic carbocycles. The molecule has 7 heavy (non-hydrogen) atoms. The van der Waals surface area contributed by atoms with Crippen LogP contribution in [0.3, 0.4) is 0 Å². The van der Waals surface area contributed by atoms with E-state index < -0.39 is 0 Å². The van der Waals surface area contributed by atoms with Gasteiger partial charge in [0.2, 0.25) is 0 Å². The van der Waals surface area contributed by atoms with Gasteiger partial charge in [0, 0.05) is 66.5 Å². The minimum absolute atomic E-state index is 0. The molecule has 0 heterocycles. The van der Waals surface area contributed by atoms with E-state index >= 15 is 0 Å². The van der Waals surface area contributed by atoms with Crippen molar-refractivity contribution in [1.29, 1.82) is 0 Å². The SMILES string of the molecule is [Co].[Co].[LiH].[Ni].[Ni].[O]=[Mn]. The van der Waals surface area contributed by atoms with Gasteiger partial charge in [-0.05, 0) is 0 Å². The fourth-order valence-corrected chi connectivity index (χ4v) is 0. The van der Waals surface area contributed by atoms with Crippen molar-refractivity contribution in [1.82, 2.24) is 0 Å².